The lowest BCUT2D eigenvalue weighted by atomic mass is 10.2. The summed E-state index contributed by atoms with van der Waals surface area (Å²) in [6.07, 6.45) is 1.01. The zero-order chi connectivity index (χ0) is 11.5. The van der Waals surface area contributed by atoms with Gasteiger partial charge in [-0.15, -0.1) is 0 Å². The third-order valence-corrected chi connectivity index (χ3v) is 2.40. The molecule has 0 bridgehead atoms. The van der Waals surface area contributed by atoms with Crippen molar-refractivity contribution in [2.45, 2.75) is 12.5 Å². The molecule has 1 fully saturated rings. The van der Waals surface area contributed by atoms with Gasteiger partial charge in [0, 0.05) is 19.1 Å². The number of carbonyl (C=O) groups is 1. The van der Waals surface area contributed by atoms with E-state index in [0.29, 0.717) is 12.4 Å². The molecular formula is C11H11FO4. The number of hydrogen-bond donors (Lipinski definition) is 1. The zero-order valence-electron chi connectivity index (χ0n) is 8.48. The van der Waals surface area contributed by atoms with E-state index >= 15 is 0 Å². The summed E-state index contributed by atoms with van der Waals surface area (Å²) in [5.74, 6) is -1.76. The van der Waals surface area contributed by atoms with Crippen LogP contribution in [0, 0.1) is 5.82 Å². The number of carboxylic acid groups (broad SMARTS) is 1. The van der Waals surface area contributed by atoms with Crippen LogP contribution in [0.1, 0.15) is 16.8 Å². The molecule has 1 heterocycles. The number of ether oxygens (including phenoxy) is 2. The van der Waals surface area contributed by atoms with E-state index < -0.39 is 11.8 Å². The first-order valence-corrected chi connectivity index (χ1v) is 4.94. The molecule has 5 heteroatoms. The van der Waals surface area contributed by atoms with Crippen LogP contribution >= 0.6 is 0 Å². The molecule has 1 unspecified atom stereocenters. The van der Waals surface area contributed by atoms with E-state index in [0.717, 1.165) is 19.1 Å². The Hall–Kier alpha value is -1.62. The minimum Gasteiger partial charge on any atom is -0.491 e. The third kappa shape index (κ3) is 2.30. The summed E-state index contributed by atoms with van der Waals surface area (Å²) in [6.45, 7) is 1.10. The zero-order valence-corrected chi connectivity index (χ0v) is 8.48. The highest BCUT2D eigenvalue weighted by molar-refractivity contribution is 5.88. The SMILES string of the molecule is O=C(O)c1ccc(OCC2CCO2)cc1F. The molecule has 1 aromatic rings. The van der Waals surface area contributed by atoms with Gasteiger partial charge < -0.3 is 14.6 Å². The molecule has 0 radical (unpaired) electrons. The molecule has 1 aliphatic heterocycles. The van der Waals surface area contributed by atoms with E-state index in [1.54, 1.807) is 0 Å². The lowest BCUT2D eigenvalue weighted by Gasteiger charge is -2.26. The maximum atomic E-state index is 13.2. The van der Waals surface area contributed by atoms with Gasteiger partial charge in [0.15, 0.2) is 0 Å². The third-order valence-electron chi connectivity index (χ3n) is 2.40. The van der Waals surface area contributed by atoms with E-state index in [1.807, 2.05) is 0 Å². The first-order chi connectivity index (χ1) is 7.66. The first-order valence-electron chi connectivity index (χ1n) is 4.94. The van der Waals surface area contributed by atoms with Gasteiger partial charge in [0.05, 0.1) is 11.7 Å². The molecule has 0 amide bonds. The number of carboxylic acids is 1. The normalized spacial score (nSPS) is 18.9. The van der Waals surface area contributed by atoms with E-state index in [9.17, 15) is 9.18 Å². The fourth-order valence-corrected chi connectivity index (χ4v) is 1.36. The van der Waals surface area contributed by atoms with Crippen LogP contribution in [0.25, 0.3) is 0 Å². The van der Waals surface area contributed by atoms with Gasteiger partial charge in [0.1, 0.15) is 18.2 Å². The summed E-state index contributed by atoms with van der Waals surface area (Å²) in [5.41, 5.74) is -0.354. The Morgan fingerprint density at radius 3 is 2.88 bits per heavy atom. The van der Waals surface area contributed by atoms with Crippen molar-refractivity contribution in [2.75, 3.05) is 13.2 Å². The van der Waals surface area contributed by atoms with Crippen LogP contribution in [-0.4, -0.2) is 30.4 Å². The van der Waals surface area contributed by atoms with Crippen molar-refractivity contribution < 1.29 is 23.8 Å². The Balaban J connectivity index is 1.99. The van der Waals surface area contributed by atoms with E-state index in [2.05, 4.69) is 0 Å². The van der Waals surface area contributed by atoms with Crippen molar-refractivity contribution in [3.63, 3.8) is 0 Å². The Morgan fingerprint density at radius 2 is 2.38 bits per heavy atom. The number of halogens is 1. The van der Waals surface area contributed by atoms with E-state index in [-0.39, 0.29) is 11.7 Å². The Kier molecular flexibility index (Phi) is 3.05. The van der Waals surface area contributed by atoms with Gasteiger partial charge in [-0.3, -0.25) is 0 Å². The number of hydrogen-bond acceptors (Lipinski definition) is 3. The van der Waals surface area contributed by atoms with E-state index in [4.69, 9.17) is 14.6 Å². The molecule has 86 valence electrons. The van der Waals surface area contributed by atoms with Crippen LogP contribution in [-0.2, 0) is 4.74 Å². The van der Waals surface area contributed by atoms with Crippen LogP contribution in [0.5, 0.6) is 5.75 Å². The lowest BCUT2D eigenvalue weighted by Crippen LogP contribution is -2.32. The highest BCUT2D eigenvalue weighted by atomic mass is 19.1. The molecule has 1 saturated heterocycles. The smallest absolute Gasteiger partial charge is 0.338 e. The lowest BCUT2D eigenvalue weighted by molar-refractivity contribution is -0.0721. The molecular weight excluding hydrogens is 215 g/mol. The highest BCUT2D eigenvalue weighted by Crippen LogP contribution is 2.19. The second-order valence-corrected chi connectivity index (χ2v) is 3.54. The molecule has 2 rings (SSSR count). The van der Waals surface area contributed by atoms with Gasteiger partial charge in [0.2, 0.25) is 0 Å². The summed E-state index contributed by atoms with van der Waals surface area (Å²) < 4.78 is 23.6. The predicted octanol–water partition coefficient (Wildman–Crippen LogP) is 1.69. The van der Waals surface area contributed by atoms with Gasteiger partial charge in [-0.25, -0.2) is 9.18 Å². The number of aromatic carboxylic acids is 1. The van der Waals surface area contributed by atoms with Crippen molar-refractivity contribution in [3.8, 4) is 5.75 Å². The molecule has 1 aromatic carbocycles. The second-order valence-electron chi connectivity index (χ2n) is 3.54. The average molecular weight is 226 g/mol. The Labute approximate surface area is 91.6 Å². The largest absolute Gasteiger partial charge is 0.491 e. The molecule has 16 heavy (non-hydrogen) atoms. The highest BCUT2D eigenvalue weighted by Gasteiger charge is 2.19. The van der Waals surface area contributed by atoms with Crippen LogP contribution in [0.4, 0.5) is 4.39 Å². The molecule has 0 saturated carbocycles. The maximum Gasteiger partial charge on any atom is 0.338 e. The summed E-state index contributed by atoms with van der Waals surface area (Å²) >= 11 is 0. The Bertz CT molecular complexity index is 401. The monoisotopic (exact) mass is 226 g/mol. The van der Waals surface area contributed by atoms with Gasteiger partial charge in [-0.2, -0.15) is 0 Å². The molecule has 4 nitrogen and oxygen atoms in total. The van der Waals surface area contributed by atoms with Crippen molar-refractivity contribution in [3.05, 3.63) is 29.6 Å². The van der Waals surface area contributed by atoms with Crippen LogP contribution < -0.4 is 4.74 Å². The summed E-state index contributed by atoms with van der Waals surface area (Å²) in [5, 5.41) is 8.62. The second kappa shape index (κ2) is 4.49. The molecule has 0 aromatic heterocycles. The predicted molar refractivity (Wildman–Crippen MR) is 53.2 cm³/mol. The molecule has 1 N–H and O–H groups in total. The van der Waals surface area contributed by atoms with E-state index in [1.165, 1.54) is 12.1 Å². The summed E-state index contributed by atoms with van der Waals surface area (Å²) in [4.78, 5) is 10.6. The number of rotatable bonds is 4. The number of benzene rings is 1. The Morgan fingerprint density at radius 1 is 1.62 bits per heavy atom. The van der Waals surface area contributed by atoms with Crippen molar-refractivity contribution in [1.82, 2.24) is 0 Å². The molecule has 0 aliphatic carbocycles. The van der Waals surface area contributed by atoms with Gasteiger partial charge in [-0.1, -0.05) is 0 Å². The van der Waals surface area contributed by atoms with Gasteiger partial charge in [-0.05, 0) is 12.1 Å². The quantitative estimate of drug-likeness (QED) is 0.848. The molecule has 1 atom stereocenters. The van der Waals surface area contributed by atoms with Gasteiger partial charge in [0.25, 0.3) is 0 Å². The fraction of sp³-hybridized carbons (Fsp3) is 0.364. The first kappa shape index (κ1) is 10.9. The van der Waals surface area contributed by atoms with Crippen molar-refractivity contribution in [2.24, 2.45) is 0 Å². The fourth-order valence-electron chi connectivity index (χ4n) is 1.36. The topological polar surface area (TPSA) is 55.8 Å². The molecule has 1 aliphatic rings. The average Bonchev–Trinajstić information content (AvgIpc) is 2.14. The minimum absolute atomic E-state index is 0.0715. The molecule has 0 spiro atoms. The summed E-state index contributed by atoms with van der Waals surface area (Å²) in [7, 11) is 0. The van der Waals surface area contributed by atoms with Crippen LogP contribution in [0.2, 0.25) is 0 Å². The van der Waals surface area contributed by atoms with Crippen molar-refractivity contribution in [1.29, 1.82) is 0 Å². The van der Waals surface area contributed by atoms with Crippen LogP contribution in [0.3, 0.4) is 0 Å². The van der Waals surface area contributed by atoms with Gasteiger partial charge >= 0.3 is 5.97 Å². The maximum absolute atomic E-state index is 13.2. The van der Waals surface area contributed by atoms with Crippen LogP contribution in [0.15, 0.2) is 18.2 Å². The summed E-state index contributed by atoms with van der Waals surface area (Å²) in [6, 6.07) is 3.70. The standard InChI is InChI=1S/C11H11FO4/c12-10-5-7(1-2-9(10)11(13)14)16-6-8-3-4-15-8/h1-2,5,8H,3-4,6H2,(H,13,14). The van der Waals surface area contributed by atoms with Crippen molar-refractivity contribution >= 4 is 5.97 Å². The minimum atomic E-state index is -1.29.